The maximum absolute atomic E-state index is 4.84. The highest BCUT2D eigenvalue weighted by Crippen LogP contribution is 2.45. The van der Waals surface area contributed by atoms with Gasteiger partial charge in [0.05, 0.1) is 27.1 Å². The molecule has 10 aromatic rings. The van der Waals surface area contributed by atoms with E-state index in [1.807, 2.05) is 60.7 Å². The second-order valence-electron chi connectivity index (χ2n) is 11.2. The number of para-hydroxylation sites is 1. The zero-order chi connectivity index (χ0) is 29.5. The number of rotatable bonds is 3. The quantitative estimate of drug-likeness (QED) is 0.204. The van der Waals surface area contributed by atoms with Gasteiger partial charge in [0.25, 0.3) is 0 Å². The molecule has 0 aliphatic carbocycles. The number of thiophene rings is 1. The largest absolute Gasteiger partial charge is 0.293 e. The van der Waals surface area contributed by atoms with Crippen molar-refractivity contribution in [3.05, 3.63) is 134 Å². The standard InChI is InChI=1S/C38H22N6S/c1-2-13-31(43-32-15-19-39-21-29(32)27-11-5-17-41-37(27)43)23(7-1)24-8-3-9-25-26-10-4-14-34(36(26)45-35(24)25)44-33-16-20-40-22-30(33)28-12-6-18-42-38(28)44/h1-22H. The van der Waals surface area contributed by atoms with Crippen LogP contribution >= 0.6 is 11.3 Å². The van der Waals surface area contributed by atoms with E-state index >= 15 is 0 Å². The molecule has 0 unspecified atom stereocenters. The van der Waals surface area contributed by atoms with Gasteiger partial charge in [-0.1, -0.05) is 48.5 Å². The lowest BCUT2D eigenvalue weighted by Crippen LogP contribution is -1.98. The Kier molecular flexibility index (Phi) is 5.06. The van der Waals surface area contributed by atoms with E-state index in [0.717, 1.165) is 60.8 Å². The van der Waals surface area contributed by atoms with Gasteiger partial charge in [-0.15, -0.1) is 11.3 Å². The molecule has 0 spiro atoms. The SMILES string of the molecule is c1ccc(-n2c3ccncc3c3cccnc32)c(-c2cccc3c2sc2c(-n4c5ccncc5c5cccnc54)cccc23)c1. The van der Waals surface area contributed by atoms with E-state index in [9.17, 15) is 0 Å². The summed E-state index contributed by atoms with van der Waals surface area (Å²) in [6.45, 7) is 0. The van der Waals surface area contributed by atoms with Crippen molar-refractivity contribution in [3.8, 4) is 22.5 Å². The first-order valence-corrected chi connectivity index (χ1v) is 15.6. The lowest BCUT2D eigenvalue weighted by Gasteiger charge is -2.14. The summed E-state index contributed by atoms with van der Waals surface area (Å²) in [7, 11) is 0. The van der Waals surface area contributed by atoms with E-state index in [1.54, 1.807) is 0 Å². The van der Waals surface area contributed by atoms with E-state index in [4.69, 9.17) is 9.97 Å². The van der Waals surface area contributed by atoms with Crippen LogP contribution in [0, 0.1) is 0 Å². The molecule has 0 amide bonds. The third-order valence-corrected chi connectivity index (χ3v) is 10.1. The molecule has 0 saturated carbocycles. The van der Waals surface area contributed by atoms with Gasteiger partial charge >= 0.3 is 0 Å². The van der Waals surface area contributed by atoms with Crippen molar-refractivity contribution in [2.24, 2.45) is 0 Å². The molecular formula is C38H22N6S. The van der Waals surface area contributed by atoms with Crippen molar-refractivity contribution < 1.29 is 0 Å². The predicted molar refractivity (Wildman–Crippen MR) is 185 cm³/mol. The molecule has 0 N–H and O–H groups in total. The summed E-state index contributed by atoms with van der Waals surface area (Å²) < 4.78 is 7.04. The van der Waals surface area contributed by atoms with Crippen LogP contribution in [0.2, 0.25) is 0 Å². The maximum atomic E-state index is 4.84. The van der Waals surface area contributed by atoms with Crippen LogP contribution in [0.25, 0.3) is 86.5 Å². The van der Waals surface area contributed by atoms with Crippen LogP contribution in [0.3, 0.4) is 0 Å². The Hall–Kier alpha value is -5.92. The van der Waals surface area contributed by atoms with E-state index in [0.29, 0.717) is 0 Å². The average Bonchev–Trinajstić information content (AvgIpc) is 3.76. The Bertz CT molecular complexity index is 2680. The molecule has 0 bridgehead atoms. The van der Waals surface area contributed by atoms with Gasteiger partial charge in [0.2, 0.25) is 0 Å². The van der Waals surface area contributed by atoms with Crippen LogP contribution in [0.5, 0.6) is 0 Å². The average molecular weight is 595 g/mol. The predicted octanol–water partition coefficient (Wildman–Crippen LogP) is 9.50. The summed E-state index contributed by atoms with van der Waals surface area (Å²) in [5.41, 5.74) is 8.61. The minimum Gasteiger partial charge on any atom is -0.293 e. The van der Waals surface area contributed by atoms with E-state index in [2.05, 4.69) is 104 Å². The van der Waals surface area contributed by atoms with Gasteiger partial charge < -0.3 is 0 Å². The monoisotopic (exact) mass is 594 g/mol. The van der Waals surface area contributed by atoms with Crippen molar-refractivity contribution >= 4 is 75.4 Å². The molecule has 210 valence electrons. The van der Waals surface area contributed by atoms with E-state index < -0.39 is 0 Å². The third-order valence-electron chi connectivity index (χ3n) is 8.83. The molecule has 10 rings (SSSR count). The van der Waals surface area contributed by atoms with Crippen molar-refractivity contribution in [3.63, 3.8) is 0 Å². The Labute approximate surface area is 260 Å². The molecule has 45 heavy (non-hydrogen) atoms. The first kappa shape index (κ1) is 24.5. The molecule has 7 aromatic heterocycles. The van der Waals surface area contributed by atoms with Crippen LogP contribution in [-0.2, 0) is 0 Å². The normalized spacial score (nSPS) is 12.0. The molecule has 0 radical (unpaired) electrons. The Morgan fingerprint density at radius 2 is 0.978 bits per heavy atom. The molecular weight excluding hydrogens is 573 g/mol. The van der Waals surface area contributed by atoms with Crippen molar-refractivity contribution in [1.29, 1.82) is 0 Å². The van der Waals surface area contributed by atoms with Crippen molar-refractivity contribution in [1.82, 2.24) is 29.1 Å². The summed E-state index contributed by atoms with van der Waals surface area (Å²) in [5.74, 6) is 0. The molecule has 0 saturated heterocycles. The van der Waals surface area contributed by atoms with Gasteiger partial charge in [-0.3, -0.25) is 19.1 Å². The summed E-state index contributed by atoms with van der Waals surface area (Å²) >= 11 is 1.84. The van der Waals surface area contributed by atoms with Gasteiger partial charge in [0.1, 0.15) is 11.3 Å². The number of fused-ring (bicyclic) bond motifs is 9. The molecule has 3 aromatic carbocycles. The zero-order valence-electron chi connectivity index (χ0n) is 23.8. The van der Waals surface area contributed by atoms with Crippen molar-refractivity contribution in [2.75, 3.05) is 0 Å². The molecule has 7 heterocycles. The minimum absolute atomic E-state index is 0.923. The van der Waals surface area contributed by atoms with E-state index in [1.165, 1.54) is 25.7 Å². The Morgan fingerprint density at radius 3 is 1.69 bits per heavy atom. The number of pyridine rings is 4. The lowest BCUT2D eigenvalue weighted by atomic mass is 10.0. The highest BCUT2D eigenvalue weighted by atomic mass is 32.1. The minimum atomic E-state index is 0.923. The third kappa shape index (κ3) is 3.38. The molecule has 0 fully saturated rings. The fraction of sp³-hybridized carbons (Fsp3) is 0. The number of hydrogen-bond donors (Lipinski definition) is 0. The van der Waals surface area contributed by atoms with Gasteiger partial charge in [-0.2, -0.15) is 0 Å². The van der Waals surface area contributed by atoms with Crippen LogP contribution < -0.4 is 0 Å². The Morgan fingerprint density at radius 1 is 0.422 bits per heavy atom. The summed E-state index contributed by atoms with van der Waals surface area (Å²) in [4.78, 5) is 18.5. The van der Waals surface area contributed by atoms with Gasteiger partial charge in [-0.05, 0) is 48.5 Å². The fourth-order valence-electron chi connectivity index (χ4n) is 6.96. The number of benzene rings is 3. The highest BCUT2D eigenvalue weighted by Gasteiger charge is 2.21. The van der Waals surface area contributed by atoms with Gasteiger partial charge in [0, 0.05) is 85.3 Å². The summed E-state index contributed by atoms with van der Waals surface area (Å²) in [6.07, 6.45) is 11.3. The summed E-state index contributed by atoms with van der Waals surface area (Å²) in [5, 5.41) is 6.86. The smallest absolute Gasteiger partial charge is 0.145 e. The second kappa shape index (κ2) is 9.29. The number of aromatic nitrogens is 6. The molecule has 0 aliphatic heterocycles. The fourth-order valence-corrected chi connectivity index (χ4v) is 8.29. The zero-order valence-corrected chi connectivity index (χ0v) is 24.6. The van der Waals surface area contributed by atoms with Crippen LogP contribution in [-0.4, -0.2) is 29.1 Å². The van der Waals surface area contributed by atoms with Crippen LogP contribution in [0.4, 0.5) is 0 Å². The first-order valence-electron chi connectivity index (χ1n) is 14.8. The molecule has 6 nitrogen and oxygen atoms in total. The van der Waals surface area contributed by atoms with Crippen molar-refractivity contribution in [2.45, 2.75) is 0 Å². The first-order chi connectivity index (χ1) is 22.4. The molecule has 0 atom stereocenters. The molecule has 7 heteroatoms. The van der Waals surface area contributed by atoms with Gasteiger partial charge in [0.15, 0.2) is 0 Å². The number of hydrogen-bond acceptors (Lipinski definition) is 5. The highest BCUT2D eigenvalue weighted by molar-refractivity contribution is 7.26. The maximum Gasteiger partial charge on any atom is 0.145 e. The topological polar surface area (TPSA) is 61.4 Å². The van der Waals surface area contributed by atoms with Crippen LogP contribution in [0.1, 0.15) is 0 Å². The lowest BCUT2D eigenvalue weighted by molar-refractivity contribution is 1.13. The summed E-state index contributed by atoms with van der Waals surface area (Å²) in [6, 6.07) is 34.3. The second-order valence-corrected chi connectivity index (χ2v) is 12.2. The van der Waals surface area contributed by atoms with E-state index in [-0.39, 0.29) is 0 Å². The number of nitrogens with zero attached hydrogens (tertiary/aromatic N) is 6. The van der Waals surface area contributed by atoms with Crippen LogP contribution in [0.15, 0.2) is 134 Å². The van der Waals surface area contributed by atoms with Gasteiger partial charge in [-0.25, -0.2) is 9.97 Å². The Balaban J connectivity index is 1.27. The molecule has 0 aliphatic rings.